The third kappa shape index (κ3) is 2.17. The number of hydrogen-bond donors (Lipinski definition) is 1. The predicted octanol–water partition coefficient (Wildman–Crippen LogP) is -0.224. The van der Waals surface area contributed by atoms with Crippen LogP contribution in [0.25, 0.3) is 0 Å². The van der Waals surface area contributed by atoms with E-state index >= 15 is 0 Å². The molecule has 1 amide bonds. The van der Waals surface area contributed by atoms with Crippen molar-refractivity contribution in [3.63, 3.8) is 0 Å². The number of anilines is 1. The van der Waals surface area contributed by atoms with E-state index in [1.165, 1.54) is 4.68 Å². The Bertz CT molecular complexity index is 557. The van der Waals surface area contributed by atoms with Gasteiger partial charge in [0, 0.05) is 25.6 Å². The molecule has 1 aliphatic heterocycles. The summed E-state index contributed by atoms with van der Waals surface area (Å²) >= 11 is 0. The van der Waals surface area contributed by atoms with Crippen molar-refractivity contribution < 1.29 is 9.53 Å². The van der Waals surface area contributed by atoms with Gasteiger partial charge in [0.1, 0.15) is 6.54 Å². The van der Waals surface area contributed by atoms with Crippen molar-refractivity contribution in [3.05, 3.63) is 0 Å². The van der Waals surface area contributed by atoms with Crippen LogP contribution in [-0.4, -0.2) is 57.8 Å². The van der Waals surface area contributed by atoms with Crippen molar-refractivity contribution in [1.29, 1.82) is 0 Å². The van der Waals surface area contributed by atoms with Crippen molar-refractivity contribution in [2.75, 3.05) is 32.5 Å². The minimum absolute atomic E-state index is 0.00896. The Morgan fingerprint density at radius 1 is 1.52 bits per heavy atom. The standard InChI is InChI=1S/C13H22N6O2/c1-12(2)6-13(8-21-3)7-18(4-9(12)13)10(20)5-19-11(14)15-16-17-19/h9H,4-8H2,1-3H3,(H2,14,15,17)/t9-,13-/m1/s1. The molecule has 0 spiro atoms. The molecule has 1 aromatic heterocycles. The molecular formula is C13H22N6O2. The first-order valence-corrected chi connectivity index (χ1v) is 7.16. The van der Waals surface area contributed by atoms with Crippen LogP contribution in [0.4, 0.5) is 5.95 Å². The number of amides is 1. The van der Waals surface area contributed by atoms with Gasteiger partial charge in [0.25, 0.3) is 0 Å². The first kappa shape index (κ1) is 14.2. The number of aromatic nitrogens is 4. The molecule has 2 N–H and O–H groups in total. The second kappa shape index (κ2) is 4.66. The van der Waals surface area contributed by atoms with Crippen LogP contribution in [0.3, 0.4) is 0 Å². The second-order valence-electron chi connectivity index (χ2n) is 6.98. The quantitative estimate of drug-likeness (QED) is 0.824. The van der Waals surface area contributed by atoms with Gasteiger partial charge in [-0.2, -0.15) is 0 Å². The number of nitrogens with zero attached hydrogens (tertiary/aromatic N) is 5. The number of fused-ring (bicyclic) bond motifs is 1. The number of carbonyl (C=O) groups is 1. The lowest BCUT2D eigenvalue weighted by molar-refractivity contribution is -0.131. The Balaban J connectivity index is 1.71. The monoisotopic (exact) mass is 294 g/mol. The number of ether oxygens (including phenoxy) is 1. The van der Waals surface area contributed by atoms with E-state index in [9.17, 15) is 4.79 Å². The predicted molar refractivity (Wildman–Crippen MR) is 75.0 cm³/mol. The first-order valence-electron chi connectivity index (χ1n) is 7.16. The fraction of sp³-hybridized carbons (Fsp3) is 0.846. The van der Waals surface area contributed by atoms with Crippen molar-refractivity contribution >= 4 is 11.9 Å². The number of rotatable bonds is 4. The summed E-state index contributed by atoms with van der Waals surface area (Å²) in [5.41, 5.74) is 5.98. The van der Waals surface area contributed by atoms with Gasteiger partial charge in [-0.3, -0.25) is 4.79 Å². The van der Waals surface area contributed by atoms with Gasteiger partial charge < -0.3 is 15.4 Å². The fourth-order valence-electron chi connectivity index (χ4n) is 4.35. The molecule has 0 radical (unpaired) electrons. The smallest absolute Gasteiger partial charge is 0.244 e. The summed E-state index contributed by atoms with van der Waals surface area (Å²) in [6.45, 7) is 6.84. The minimum atomic E-state index is 0.00896. The van der Waals surface area contributed by atoms with Gasteiger partial charge in [0.05, 0.1) is 6.61 Å². The zero-order chi connectivity index (χ0) is 15.3. The fourth-order valence-corrected chi connectivity index (χ4v) is 4.35. The van der Waals surface area contributed by atoms with E-state index in [2.05, 4.69) is 29.4 Å². The third-order valence-corrected chi connectivity index (χ3v) is 5.03. The van der Waals surface area contributed by atoms with Gasteiger partial charge in [-0.15, -0.1) is 0 Å². The summed E-state index contributed by atoms with van der Waals surface area (Å²) in [6.07, 6.45) is 1.09. The molecule has 0 unspecified atom stereocenters. The average Bonchev–Trinajstić information content (AvgIpc) is 2.93. The molecule has 8 nitrogen and oxygen atoms in total. The van der Waals surface area contributed by atoms with Crippen molar-refractivity contribution in [2.24, 2.45) is 16.7 Å². The van der Waals surface area contributed by atoms with E-state index < -0.39 is 0 Å². The normalized spacial score (nSPS) is 30.0. The first-order chi connectivity index (χ1) is 9.88. The van der Waals surface area contributed by atoms with Crippen LogP contribution < -0.4 is 5.73 Å². The molecule has 0 aromatic carbocycles. The van der Waals surface area contributed by atoms with E-state index in [1.54, 1.807) is 7.11 Å². The molecule has 21 heavy (non-hydrogen) atoms. The Morgan fingerprint density at radius 3 is 2.86 bits per heavy atom. The van der Waals surface area contributed by atoms with Crippen LogP contribution >= 0.6 is 0 Å². The van der Waals surface area contributed by atoms with Crippen LogP contribution in [0, 0.1) is 16.7 Å². The maximum Gasteiger partial charge on any atom is 0.244 e. The van der Waals surface area contributed by atoms with Crippen LogP contribution in [0.5, 0.6) is 0 Å². The van der Waals surface area contributed by atoms with E-state index in [-0.39, 0.29) is 29.2 Å². The van der Waals surface area contributed by atoms with Crippen LogP contribution in [0.1, 0.15) is 20.3 Å². The molecule has 2 heterocycles. The Kier molecular flexibility index (Phi) is 3.16. The average molecular weight is 294 g/mol. The summed E-state index contributed by atoms with van der Waals surface area (Å²) in [5.74, 6) is 0.659. The molecule has 0 bridgehead atoms. The van der Waals surface area contributed by atoms with E-state index in [4.69, 9.17) is 10.5 Å². The Labute approximate surface area is 123 Å². The molecule has 1 saturated heterocycles. The molecule has 1 saturated carbocycles. The van der Waals surface area contributed by atoms with E-state index in [1.807, 2.05) is 4.90 Å². The minimum Gasteiger partial charge on any atom is -0.384 e. The number of hydrogen-bond acceptors (Lipinski definition) is 6. The maximum absolute atomic E-state index is 12.5. The van der Waals surface area contributed by atoms with Gasteiger partial charge in [0.2, 0.25) is 11.9 Å². The summed E-state index contributed by atoms with van der Waals surface area (Å²) in [6, 6.07) is 0. The van der Waals surface area contributed by atoms with Gasteiger partial charge in [-0.25, -0.2) is 4.68 Å². The topological polar surface area (TPSA) is 99.2 Å². The summed E-state index contributed by atoms with van der Waals surface area (Å²) in [7, 11) is 1.73. The van der Waals surface area contributed by atoms with Gasteiger partial charge >= 0.3 is 0 Å². The summed E-state index contributed by atoms with van der Waals surface area (Å²) in [5, 5.41) is 10.8. The molecule has 2 aliphatic rings. The largest absolute Gasteiger partial charge is 0.384 e. The lowest BCUT2D eigenvalue weighted by Gasteiger charge is -2.56. The highest BCUT2D eigenvalue weighted by atomic mass is 16.5. The second-order valence-corrected chi connectivity index (χ2v) is 6.98. The summed E-state index contributed by atoms with van der Waals surface area (Å²) < 4.78 is 6.73. The number of methoxy groups -OCH3 is 1. The molecule has 2 fully saturated rings. The van der Waals surface area contributed by atoms with Gasteiger partial charge in [-0.1, -0.05) is 18.9 Å². The van der Waals surface area contributed by atoms with Crippen molar-refractivity contribution in [2.45, 2.75) is 26.8 Å². The zero-order valence-electron chi connectivity index (χ0n) is 12.7. The lowest BCUT2D eigenvalue weighted by atomic mass is 9.48. The maximum atomic E-state index is 12.5. The molecule has 116 valence electrons. The zero-order valence-corrected chi connectivity index (χ0v) is 12.7. The number of tetrazole rings is 1. The van der Waals surface area contributed by atoms with E-state index in [0.29, 0.717) is 12.5 Å². The van der Waals surface area contributed by atoms with Gasteiger partial charge in [-0.05, 0) is 28.2 Å². The highest BCUT2D eigenvalue weighted by Crippen LogP contribution is 2.62. The number of nitrogens with two attached hydrogens (primary N) is 1. The van der Waals surface area contributed by atoms with Crippen LogP contribution in [-0.2, 0) is 16.1 Å². The molecular weight excluding hydrogens is 272 g/mol. The molecule has 1 aromatic rings. The van der Waals surface area contributed by atoms with E-state index in [0.717, 1.165) is 19.5 Å². The van der Waals surface area contributed by atoms with Crippen LogP contribution in [0.15, 0.2) is 0 Å². The van der Waals surface area contributed by atoms with Gasteiger partial charge in [0.15, 0.2) is 0 Å². The SMILES string of the molecule is COC[C@@]12CN(C(=O)Cn3nnnc3N)C[C@@H]1C(C)(C)C2. The third-order valence-electron chi connectivity index (χ3n) is 5.03. The highest BCUT2D eigenvalue weighted by molar-refractivity contribution is 5.76. The molecule has 2 atom stereocenters. The molecule has 3 rings (SSSR count). The number of carbonyl (C=O) groups excluding carboxylic acids is 1. The Morgan fingerprint density at radius 2 is 2.29 bits per heavy atom. The highest BCUT2D eigenvalue weighted by Gasteiger charge is 2.63. The van der Waals surface area contributed by atoms with Crippen molar-refractivity contribution in [3.8, 4) is 0 Å². The molecule has 1 aliphatic carbocycles. The van der Waals surface area contributed by atoms with Crippen molar-refractivity contribution in [1.82, 2.24) is 25.1 Å². The Hall–Kier alpha value is -1.70. The van der Waals surface area contributed by atoms with Crippen LogP contribution in [0.2, 0.25) is 0 Å². The summed E-state index contributed by atoms with van der Waals surface area (Å²) in [4.78, 5) is 14.4. The number of likely N-dealkylation sites (tertiary alicyclic amines) is 1. The molecule has 8 heteroatoms. The number of nitrogen functional groups attached to an aromatic ring is 1. The lowest BCUT2D eigenvalue weighted by Crippen LogP contribution is -2.55.